The third kappa shape index (κ3) is 2.71. The fourth-order valence-electron chi connectivity index (χ4n) is 3.11. The number of hydrogen-bond donors (Lipinski definition) is 1. The van der Waals surface area contributed by atoms with Crippen LogP contribution in [0.15, 0.2) is 24.3 Å². The molecule has 0 atom stereocenters. The van der Waals surface area contributed by atoms with Crippen LogP contribution in [0.2, 0.25) is 0 Å². The van der Waals surface area contributed by atoms with Gasteiger partial charge in [0.05, 0.1) is 12.6 Å². The SMILES string of the molecule is COc1ccc2nc(C)cc(N3CCC(C(N)=O)CC3)c2c1. The van der Waals surface area contributed by atoms with E-state index in [-0.39, 0.29) is 11.8 Å². The van der Waals surface area contributed by atoms with E-state index in [4.69, 9.17) is 10.5 Å². The predicted molar refractivity (Wildman–Crippen MR) is 87.2 cm³/mol. The number of anilines is 1. The smallest absolute Gasteiger partial charge is 0.220 e. The highest BCUT2D eigenvalue weighted by Crippen LogP contribution is 2.32. The van der Waals surface area contributed by atoms with Crippen molar-refractivity contribution in [1.82, 2.24) is 4.98 Å². The van der Waals surface area contributed by atoms with Gasteiger partial charge in [0, 0.05) is 35.8 Å². The number of piperidine rings is 1. The van der Waals surface area contributed by atoms with E-state index in [2.05, 4.69) is 16.0 Å². The van der Waals surface area contributed by atoms with Crippen LogP contribution in [-0.2, 0) is 4.79 Å². The largest absolute Gasteiger partial charge is 0.497 e. The number of amides is 1. The van der Waals surface area contributed by atoms with E-state index in [1.54, 1.807) is 7.11 Å². The molecule has 3 rings (SSSR count). The summed E-state index contributed by atoms with van der Waals surface area (Å²) in [7, 11) is 1.67. The van der Waals surface area contributed by atoms with Crippen LogP contribution in [-0.4, -0.2) is 31.1 Å². The topological polar surface area (TPSA) is 68.4 Å². The number of methoxy groups -OCH3 is 1. The van der Waals surface area contributed by atoms with E-state index >= 15 is 0 Å². The third-order valence-corrected chi connectivity index (χ3v) is 4.36. The van der Waals surface area contributed by atoms with Gasteiger partial charge in [-0.25, -0.2) is 0 Å². The van der Waals surface area contributed by atoms with Crippen molar-refractivity contribution in [2.45, 2.75) is 19.8 Å². The maximum Gasteiger partial charge on any atom is 0.220 e. The van der Waals surface area contributed by atoms with Crippen LogP contribution in [0.25, 0.3) is 10.9 Å². The second-order valence-corrected chi connectivity index (χ2v) is 5.83. The summed E-state index contributed by atoms with van der Waals surface area (Å²) >= 11 is 0. The lowest BCUT2D eigenvalue weighted by molar-refractivity contribution is -0.122. The molecular weight excluding hydrogens is 278 g/mol. The van der Waals surface area contributed by atoms with Crippen LogP contribution >= 0.6 is 0 Å². The summed E-state index contributed by atoms with van der Waals surface area (Å²) in [6.45, 7) is 3.68. The van der Waals surface area contributed by atoms with Gasteiger partial charge in [-0.15, -0.1) is 0 Å². The van der Waals surface area contributed by atoms with Crippen LogP contribution < -0.4 is 15.4 Å². The minimum absolute atomic E-state index is 0.0000144. The summed E-state index contributed by atoms with van der Waals surface area (Å²) in [6, 6.07) is 8.04. The van der Waals surface area contributed by atoms with E-state index in [0.717, 1.165) is 54.0 Å². The van der Waals surface area contributed by atoms with Gasteiger partial charge in [-0.1, -0.05) is 0 Å². The average Bonchev–Trinajstić information content (AvgIpc) is 2.53. The highest BCUT2D eigenvalue weighted by molar-refractivity contribution is 5.93. The highest BCUT2D eigenvalue weighted by atomic mass is 16.5. The number of aromatic nitrogens is 1. The highest BCUT2D eigenvalue weighted by Gasteiger charge is 2.24. The number of nitrogens with zero attached hydrogens (tertiary/aromatic N) is 2. The number of fused-ring (bicyclic) bond motifs is 1. The fourth-order valence-corrected chi connectivity index (χ4v) is 3.11. The van der Waals surface area contributed by atoms with Crippen molar-refractivity contribution in [2.24, 2.45) is 11.7 Å². The Hall–Kier alpha value is -2.30. The van der Waals surface area contributed by atoms with Crippen molar-refractivity contribution >= 4 is 22.5 Å². The van der Waals surface area contributed by atoms with Crippen molar-refractivity contribution in [3.05, 3.63) is 30.0 Å². The zero-order valence-corrected chi connectivity index (χ0v) is 13.0. The molecule has 2 N–H and O–H groups in total. The first-order valence-electron chi connectivity index (χ1n) is 7.58. The first-order chi connectivity index (χ1) is 10.6. The van der Waals surface area contributed by atoms with Crippen molar-refractivity contribution in [3.8, 4) is 5.75 Å². The molecule has 0 spiro atoms. The summed E-state index contributed by atoms with van der Waals surface area (Å²) in [5.41, 5.74) is 8.53. The molecule has 22 heavy (non-hydrogen) atoms. The molecule has 1 amide bonds. The lowest BCUT2D eigenvalue weighted by Crippen LogP contribution is -2.38. The second-order valence-electron chi connectivity index (χ2n) is 5.83. The van der Waals surface area contributed by atoms with Gasteiger partial charge in [-0.3, -0.25) is 9.78 Å². The zero-order valence-electron chi connectivity index (χ0n) is 13.0. The Balaban J connectivity index is 1.97. The summed E-state index contributed by atoms with van der Waals surface area (Å²) in [5, 5.41) is 1.09. The number of carbonyl (C=O) groups is 1. The summed E-state index contributed by atoms with van der Waals surface area (Å²) < 4.78 is 5.34. The lowest BCUT2D eigenvalue weighted by atomic mass is 9.95. The minimum atomic E-state index is -0.183. The zero-order chi connectivity index (χ0) is 15.7. The number of pyridine rings is 1. The number of nitrogens with two attached hydrogens (primary N) is 1. The van der Waals surface area contributed by atoms with Crippen molar-refractivity contribution in [2.75, 3.05) is 25.1 Å². The fraction of sp³-hybridized carbons (Fsp3) is 0.412. The van der Waals surface area contributed by atoms with E-state index in [0.29, 0.717) is 0 Å². The molecule has 116 valence electrons. The molecule has 5 nitrogen and oxygen atoms in total. The molecule has 1 aliphatic rings. The average molecular weight is 299 g/mol. The second kappa shape index (κ2) is 5.83. The van der Waals surface area contributed by atoms with Crippen LogP contribution in [0.5, 0.6) is 5.75 Å². The lowest BCUT2D eigenvalue weighted by Gasteiger charge is -2.33. The normalized spacial score (nSPS) is 16.0. The molecule has 2 heterocycles. The molecule has 1 fully saturated rings. The van der Waals surface area contributed by atoms with Gasteiger partial charge in [0.1, 0.15) is 5.75 Å². The Morgan fingerprint density at radius 3 is 2.68 bits per heavy atom. The van der Waals surface area contributed by atoms with Gasteiger partial charge in [0.15, 0.2) is 0 Å². The number of benzene rings is 1. The maximum atomic E-state index is 11.3. The third-order valence-electron chi connectivity index (χ3n) is 4.36. The van der Waals surface area contributed by atoms with E-state index in [9.17, 15) is 4.79 Å². The number of ether oxygens (including phenoxy) is 1. The summed E-state index contributed by atoms with van der Waals surface area (Å²) in [6.07, 6.45) is 1.62. The van der Waals surface area contributed by atoms with Gasteiger partial charge < -0.3 is 15.4 Å². The van der Waals surface area contributed by atoms with Crippen molar-refractivity contribution in [3.63, 3.8) is 0 Å². The van der Waals surface area contributed by atoms with Crippen LogP contribution in [0.1, 0.15) is 18.5 Å². The van der Waals surface area contributed by atoms with Gasteiger partial charge in [-0.2, -0.15) is 0 Å². The van der Waals surface area contributed by atoms with Gasteiger partial charge >= 0.3 is 0 Å². The van der Waals surface area contributed by atoms with Crippen LogP contribution in [0.4, 0.5) is 5.69 Å². The van der Waals surface area contributed by atoms with Crippen LogP contribution in [0, 0.1) is 12.8 Å². The molecule has 0 saturated carbocycles. The molecule has 2 aromatic rings. The van der Waals surface area contributed by atoms with E-state index in [1.165, 1.54) is 0 Å². The number of carbonyl (C=O) groups excluding carboxylic acids is 1. The number of aryl methyl sites for hydroxylation is 1. The summed E-state index contributed by atoms with van der Waals surface area (Å²) in [5.74, 6) is 0.642. The molecule has 5 heteroatoms. The van der Waals surface area contributed by atoms with Crippen molar-refractivity contribution in [1.29, 1.82) is 0 Å². The molecule has 1 aromatic heterocycles. The Bertz CT molecular complexity index is 706. The van der Waals surface area contributed by atoms with Gasteiger partial charge in [0.2, 0.25) is 5.91 Å². The minimum Gasteiger partial charge on any atom is -0.497 e. The Morgan fingerprint density at radius 2 is 2.05 bits per heavy atom. The monoisotopic (exact) mass is 299 g/mol. The Kier molecular flexibility index (Phi) is 3.88. The Labute approximate surface area is 130 Å². The van der Waals surface area contributed by atoms with Gasteiger partial charge in [0.25, 0.3) is 0 Å². The molecule has 1 saturated heterocycles. The number of rotatable bonds is 3. The molecule has 0 radical (unpaired) electrons. The van der Waals surface area contributed by atoms with Gasteiger partial charge in [-0.05, 0) is 44.0 Å². The molecule has 1 aliphatic heterocycles. The maximum absolute atomic E-state index is 11.3. The molecule has 0 bridgehead atoms. The first-order valence-corrected chi connectivity index (χ1v) is 7.58. The van der Waals surface area contributed by atoms with E-state index < -0.39 is 0 Å². The Morgan fingerprint density at radius 1 is 1.32 bits per heavy atom. The molecular formula is C17H21N3O2. The first kappa shape index (κ1) is 14.6. The molecule has 1 aromatic carbocycles. The van der Waals surface area contributed by atoms with E-state index in [1.807, 2.05) is 25.1 Å². The summed E-state index contributed by atoms with van der Waals surface area (Å²) in [4.78, 5) is 18.2. The molecule has 0 aliphatic carbocycles. The predicted octanol–water partition coefficient (Wildman–Crippen LogP) is 2.25. The van der Waals surface area contributed by atoms with Crippen molar-refractivity contribution < 1.29 is 9.53 Å². The van der Waals surface area contributed by atoms with Crippen LogP contribution in [0.3, 0.4) is 0 Å². The number of hydrogen-bond acceptors (Lipinski definition) is 4. The quantitative estimate of drug-likeness (QED) is 0.944. The molecule has 0 unspecified atom stereocenters. The number of primary amides is 1. The standard InChI is InChI=1S/C17H21N3O2/c1-11-9-16(20-7-5-12(6-8-20)17(18)21)14-10-13(22-2)3-4-15(14)19-11/h3-4,9-10,12H,5-8H2,1-2H3,(H2,18,21).